The van der Waals surface area contributed by atoms with Gasteiger partial charge in [0.25, 0.3) is 5.91 Å². The zero-order valence-electron chi connectivity index (χ0n) is 16.2. The van der Waals surface area contributed by atoms with Gasteiger partial charge in [-0.25, -0.2) is 8.42 Å². The topological polar surface area (TPSA) is 119 Å². The molecule has 0 saturated heterocycles. The Hall–Kier alpha value is -2.78. The molecule has 8 nitrogen and oxygen atoms in total. The van der Waals surface area contributed by atoms with Crippen molar-refractivity contribution in [3.05, 3.63) is 53.1 Å². The maximum absolute atomic E-state index is 13.0. The highest BCUT2D eigenvalue weighted by Gasteiger charge is 2.32. The minimum absolute atomic E-state index is 0.120. The lowest BCUT2D eigenvalue weighted by Crippen LogP contribution is -2.47. The second kappa shape index (κ2) is 9.15. The molecule has 0 aliphatic heterocycles. The lowest BCUT2D eigenvalue weighted by Gasteiger charge is -2.30. The normalized spacial score (nSPS) is 12.1. The number of carbonyl (C=O) groups excluding carboxylic acids is 2. The molecule has 10 heteroatoms. The third-order valence-corrected chi connectivity index (χ3v) is 5.65. The van der Waals surface area contributed by atoms with E-state index in [1.807, 2.05) is 0 Å². The van der Waals surface area contributed by atoms with Crippen LogP contribution in [0.1, 0.15) is 23.7 Å². The van der Waals surface area contributed by atoms with Gasteiger partial charge >= 0.3 is 0 Å². The number of halogens is 1. The number of benzene rings is 2. The Morgan fingerprint density at radius 2 is 1.90 bits per heavy atom. The van der Waals surface area contributed by atoms with Gasteiger partial charge in [-0.15, -0.1) is 0 Å². The minimum Gasteiger partial charge on any atom is -0.495 e. The third-order valence-electron chi connectivity index (χ3n) is 4.17. The van der Waals surface area contributed by atoms with E-state index in [4.69, 9.17) is 22.1 Å². The van der Waals surface area contributed by atoms with Crippen molar-refractivity contribution >= 4 is 44.8 Å². The molecule has 0 aromatic heterocycles. The number of primary amides is 1. The van der Waals surface area contributed by atoms with Gasteiger partial charge in [0.15, 0.2) is 0 Å². The number of para-hydroxylation sites is 1. The van der Waals surface area contributed by atoms with Crippen LogP contribution in [0.3, 0.4) is 0 Å². The Morgan fingerprint density at radius 1 is 1.24 bits per heavy atom. The molecule has 2 amide bonds. The Kier molecular flexibility index (Phi) is 7.10. The number of amides is 2. The molecule has 0 bridgehead atoms. The molecule has 0 radical (unpaired) electrons. The first kappa shape index (κ1) is 22.5. The number of nitrogens with zero attached hydrogens (tertiary/aromatic N) is 1. The second-order valence-electron chi connectivity index (χ2n) is 6.20. The molecule has 0 fully saturated rings. The van der Waals surface area contributed by atoms with E-state index in [0.717, 1.165) is 10.6 Å². The first-order chi connectivity index (χ1) is 13.6. The first-order valence-electron chi connectivity index (χ1n) is 8.62. The van der Waals surface area contributed by atoms with Crippen LogP contribution in [0.2, 0.25) is 5.02 Å². The molecular weight excluding hydrogens is 418 g/mol. The van der Waals surface area contributed by atoms with Gasteiger partial charge in [0.05, 0.1) is 35.3 Å². The van der Waals surface area contributed by atoms with Crippen LogP contribution in [0.25, 0.3) is 0 Å². The average Bonchev–Trinajstić information content (AvgIpc) is 2.65. The number of anilines is 2. The van der Waals surface area contributed by atoms with Gasteiger partial charge in [0.2, 0.25) is 15.9 Å². The summed E-state index contributed by atoms with van der Waals surface area (Å²) in [7, 11) is -2.41. The number of nitrogens with two attached hydrogens (primary N) is 1. The number of hydrogen-bond donors (Lipinski definition) is 2. The molecule has 29 heavy (non-hydrogen) atoms. The van der Waals surface area contributed by atoms with Crippen molar-refractivity contribution in [2.24, 2.45) is 5.73 Å². The van der Waals surface area contributed by atoms with Crippen molar-refractivity contribution in [1.82, 2.24) is 0 Å². The summed E-state index contributed by atoms with van der Waals surface area (Å²) in [5, 5.41) is 2.80. The second-order valence-corrected chi connectivity index (χ2v) is 8.47. The van der Waals surface area contributed by atoms with E-state index in [9.17, 15) is 18.0 Å². The fraction of sp³-hybridized carbons (Fsp3) is 0.263. The number of methoxy groups -OCH3 is 1. The molecule has 0 spiro atoms. The van der Waals surface area contributed by atoms with Gasteiger partial charge in [0.1, 0.15) is 11.8 Å². The van der Waals surface area contributed by atoms with Crippen LogP contribution in [-0.2, 0) is 14.8 Å². The predicted molar refractivity (Wildman–Crippen MR) is 113 cm³/mol. The molecule has 0 heterocycles. The minimum atomic E-state index is -3.85. The third kappa shape index (κ3) is 5.18. The molecular formula is C19H22ClN3O5S. The van der Waals surface area contributed by atoms with E-state index >= 15 is 0 Å². The standard InChI is InChI=1S/C19H22ClN3O5S/c1-4-16(19(25)22-15-8-6-5-7-13(15)18(21)24)23(29(3,26)27)12-9-10-17(28-2)14(20)11-12/h5-11,16H,4H2,1-3H3,(H2,21,24)(H,22,25)/t16-/m1/s1. The smallest absolute Gasteiger partial charge is 0.250 e. The van der Waals surface area contributed by atoms with Crippen molar-refractivity contribution in [2.45, 2.75) is 19.4 Å². The highest BCUT2D eigenvalue weighted by atomic mass is 35.5. The van der Waals surface area contributed by atoms with Gasteiger partial charge < -0.3 is 15.8 Å². The fourth-order valence-electron chi connectivity index (χ4n) is 2.88. The van der Waals surface area contributed by atoms with E-state index < -0.39 is 27.9 Å². The van der Waals surface area contributed by atoms with Crippen LogP contribution >= 0.6 is 11.6 Å². The Labute approximate surface area is 174 Å². The summed E-state index contributed by atoms with van der Waals surface area (Å²) in [6.07, 6.45) is 1.17. The van der Waals surface area contributed by atoms with Crippen LogP contribution in [0.15, 0.2) is 42.5 Å². The largest absolute Gasteiger partial charge is 0.495 e. The summed E-state index contributed by atoms with van der Waals surface area (Å²) >= 11 is 6.14. The molecule has 2 rings (SSSR count). The molecule has 0 aliphatic rings. The first-order valence-corrected chi connectivity index (χ1v) is 10.8. The number of sulfonamides is 1. The number of hydrogen-bond acceptors (Lipinski definition) is 5. The van der Waals surface area contributed by atoms with Crippen LogP contribution in [-0.4, -0.2) is 39.6 Å². The van der Waals surface area contributed by atoms with E-state index in [0.29, 0.717) is 5.75 Å². The summed E-state index contributed by atoms with van der Waals surface area (Å²) < 4.78 is 31.1. The summed E-state index contributed by atoms with van der Waals surface area (Å²) in [4.78, 5) is 24.6. The molecule has 1 atom stereocenters. The fourth-order valence-corrected chi connectivity index (χ4v) is 4.33. The van der Waals surface area contributed by atoms with E-state index in [1.54, 1.807) is 19.1 Å². The van der Waals surface area contributed by atoms with Gasteiger partial charge in [-0.3, -0.25) is 13.9 Å². The average molecular weight is 440 g/mol. The maximum atomic E-state index is 13.0. The lowest BCUT2D eigenvalue weighted by molar-refractivity contribution is -0.117. The van der Waals surface area contributed by atoms with Gasteiger partial charge in [-0.05, 0) is 36.8 Å². The highest BCUT2D eigenvalue weighted by molar-refractivity contribution is 7.92. The van der Waals surface area contributed by atoms with Gasteiger partial charge in [0, 0.05) is 0 Å². The zero-order chi connectivity index (χ0) is 21.8. The summed E-state index contributed by atoms with van der Waals surface area (Å²) in [5.41, 5.74) is 5.87. The maximum Gasteiger partial charge on any atom is 0.250 e. The summed E-state index contributed by atoms with van der Waals surface area (Å²) in [5.74, 6) is -0.953. The van der Waals surface area contributed by atoms with E-state index in [2.05, 4.69) is 5.32 Å². The SMILES string of the molecule is CC[C@H](C(=O)Nc1ccccc1C(N)=O)N(c1ccc(OC)c(Cl)c1)S(C)(=O)=O. The molecule has 2 aromatic carbocycles. The molecule has 156 valence electrons. The van der Waals surface area contributed by atoms with Crippen molar-refractivity contribution in [3.8, 4) is 5.75 Å². The van der Waals surface area contributed by atoms with E-state index in [-0.39, 0.29) is 28.4 Å². The van der Waals surface area contributed by atoms with E-state index in [1.165, 1.54) is 37.4 Å². The van der Waals surface area contributed by atoms with Gasteiger partial charge in [-0.1, -0.05) is 30.7 Å². The number of rotatable bonds is 8. The quantitative estimate of drug-likeness (QED) is 0.655. The summed E-state index contributed by atoms with van der Waals surface area (Å²) in [6, 6.07) is 9.55. The van der Waals surface area contributed by atoms with Crippen molar-refractivity contribution in [1.29, 1.82) is 0 Å². The number of nitrogens with one attached hydrogen (secondary N) is 1. The Morgan fingerprint density at radius 3 is 2.41 bits per heavy atom. The predicted octanol–water partition coefficient (Wildman–Crippen LogP) is 2.63. The zero-order valence-corrected chi connectivity index (χ0v) is 17.8. The number of carbonyl (C=O) groups is 2. The molecule has 0 saturated carbocycles. The van der Waals surface area contributed by atoms with Crippen molar-refractivity contribution in [3.63, 3.8) is 0 Å². The van der Waals surface area contributed by atoms with Crippen LogP contribution in [0.4, 0.5) is 11.4 Å². The Balaban J connectivity index is 2.46. The number of ether oxygens (including phenoxy) is 1. The molecule has 0 aliphatic carbocycles. The molecule has 2 aromatic rings. The Bertz CT molecular complexity index is 1030. The van der Waals surface area contributed by atoms with Crippen LogP contribution in [0.5, 0.6) is 5.75 Å². The van der Waals surface area contributed by atoms with Crippen molar-refractivity contribution in [2.75, 3.05) is 23.0 Å². The highest BCUT2D eigenvalue weighted by Crippen LogP contribution is 2.32. The van der Waals surface area contributed by atoms with Gasteiger partial charge in [-0.2, -0.15) is 0 Å². The summed E-state index contributed by atoms with van der Waals surface area (Å²) in [6.45, 7) is 1.67. The van der Waals surface area contributed by atoms with Crippen LogP contribution < -0.4 is 20.1 Å². The lowest BCUT2D eigenvalue weighted by atomic mass is 10.1. The van der Waals surface area contributed by atoms with Crippen LogP contribution in [0, 0.1) is 0 Å². The monoisotopic (exact) mass is 439 g/mol. The molecule has 0 unspecified atom stereocenters. The molecule has 3 N–H and O–H groups in total. The van der Waals surface area contributed by atoms with Crippen molar-refractivity contribution < 1.29 is 22.7 Å².